The fourth-order valence-electron chi connectivity index (χ4n) is 1.84. The number of anilines is 1. The van der Waals surface area contributed by atoms with Gasteiger partial charge in [0.15, 0.2) is 0 Å². The van der Waals surface area contributed by atoms with Gasteiger partial charge >= 0.3 is 0 Å². The van der Waals surface area contributed by atoms with Crippen LogP contribution in [0.5, 0.6) is 0 Å². The number of carbonyl (C=O) groups excluding carboxylic acids is 1. The van der Waals surface area contributed by atoms with Gasteiger partial charge in [0.2, 0.25) is 5.91 Å². The van der Waals surface area contributed by atoms with Gasteiger partial charge in [-0.05, 0) is 31.4 Å². The van der Waals surface area contributed by atoms with Crippen molar-refractivity contribution in [2.45, 2.75) is 25.3 Å². The minimum atomic E-state index is 0.175. The van der Waals surface area contributed by atoms with Crippen LogP contribution in [0.25, 0.3) is 0 Å². The van der Waals surface area contributed by atoms with Gasteiger partial charge in [0.1, 0.15) is 0 Å². The lowest BCUT2D eigenvalue weighted by Gasteiger charge is -2.34. The third-order valence-corrected chi connectivity index (χ3v) is 3.23. The van der Waals surface area contributed by atoms with Gasteiger partial charge in [0.25, 0.3) is 0 Å². The second kappa shape index (κ2) is 5.01. The maximum absolute atomic E-state index is 11.8. The highest BCUT2D eigenvalue weighted by molar-refractivity contribution is 5.81. The van der Waals surface area contributed by atoms with Crippen LogP contribution in [0, 0.1) is 0 Å². The van der Waals surface area contributed by atoms with Crippen LogP contribution in [0.15, 0.2) is 30.3 Å². The van der Waals surface area contributed by atoms with Crippen LogP contribution in [-0.2, 0) is 4.79 Å². The first-order chi connectivity index (χ1) is 7.77. The maximum atomic E-state index is 11.8. The lowest BCUT2D eigenvalue weighted by atomic mass is 9.92. The predicted molar refractivity (Wildman–Crippen MR) is 65.3 cm³/mol. The number of benzene rings is 1. The van der Waals surface area contributed by atoms with E-state index >= 15 is 0 Å². The summed E-state index contributed by atoms with van der Waals surface area (Å²) in [5.41, 5.74) is 0.998. The number of para-hydroxylation sites is 1. The molecule has 0 aliphatic heterocycles. The molecule has 0 radical (unpaired) electrons. The first-order valence-corrected chi connectivity index (χ1v) is 5.82. The molecule has 0 aromatic heterocycles. The van der Waals surface area contributed by atoms with Crippen molar-refractivity contribution >= 4 is 11.6 Å². The minimum Gasteiger partial charge on any atom is -0.376 e. The molecule has 16 heavy (non-hydrogen) atoms. The first kappa shape index (κ1) is 11.0. The molecule has 0 saturated heterocycles. The molecule has 1 aromatic rings. The van der Waals surface area contributed by atoms with Gasteiger partial charge in [-0.25, -0.2) is 0 Å². The smallest absolute Gasteiger partial charge is 0.241 e. The Balaban J connectivity index is 1.79. The Morgan fingerprint density at radius 3 is 2.62 bits per heavy atom. The largest absolute Gasteiger partial charge is 0.376 e. The fraction of sp³-hybridized carbons (Fsp3) is 0.462. The van der Waals surface area contributed by atoms with Gasteiger partial charge in [-0.1, -0.05) is 18.2 Å². The number of nitrogens with zero attached hydrogens (tertiary/aromatic N) is 1. The van der Waals surface area contributed by atoms with Gasteiger partial charge in [-0.15, -0.1) is 0 Å². The number of likely N-dealkylation sites (N-methyl/N-ethyl adjacent to an activating group) is 1. The highest BCUT2D eigenvalue weighted by Gasteiger charge is 2.25. The molecule has 2 rings (SSSR count). The molecule has 1 amide bonds. The number of carbonyl (C=O) groups is 1. The number of hydrogen-bond donors (Lipinski definition) is 1. The van der Waals surface area contributed by atoms with Crippen LogP contribution >= 0.6 is 0 Å². The molecule has 0 spiro atoms. The average Bonchev–Trinajstić information content (AvgIpc) is 2.25. The Bertz CT molecular complexity index is 346. The van der Waals surface area contributed by atoms with E-state index in [1.54, 1.807) is 0 Å². The topological polar surface area (TPSA) is 32.3 Å². The van der Waals surface area contributed by atoms with E-state index < -0.39 is 0 Å². The molecular weight excluding hydrogens is 200 g/mol. The van der Waals surface area contributed by atoms with Crippen molar-refractivity contribution < 1.29 is 4.79 Å². The number of hydrogen-bond acceptors (Lipinski definition) is 2. The van der Waals surface area contributed by atoms with Gasteiger partial charge in [0.05, 0.1) is 6.54 Å². The number of nitrogens with one attached hydrogen (secondary N) is 1. The summed E-state index contributed by atoms with van der Waals surface area (Å²) in [6.45, 7) is 0.386. The summed E-state index contributed by atoms with van der Waals surface area (Å²) < 4.78 is 0. The minimum absolute atomic E-state index is 0.175. The van der Waals surface area contributed by atoms with Gasteiger partial charge in [-0.2, -0.15) is 0 Å². The normalized spacial score (nSPS) is 15.3. The van der Waals surface area contributed by atoms with Crippen LogP contribution in [-0.4, -0.2) is 30.4 Å². The summed E-state index contributed by atoms with van der Waals surface area (Å²) >= 11 is 0. The van der Waals surface area contributed by atoms with Crippen molar-refractivity contribution in [3.05, 3.63) is 30.3 Å². The Morgan fingerprint density at radius 1 is 1.38 bits per heavy atom. The third kappa shape index (κ3) is 2.54. The summed E-state index contributed by atoms with van der Waals surface area (Å²) in [7, 11) is 1.90. The van der Waals surface area contributed by atoms with Crippen molar-refractivity contribution in [1.29, 1.82) is 0 Å². The Kier molecular flexibility index (Phi) is 3.44. The summed E-state index contributed by atoms with van der Waals surface area (Å²) in [5.74, 6) is 0.175. The van der Waals surface area contributed by atoms with E-state index in [9.17, 15) is 4.79 Å². The van der Waals surface area contributed by atoms with Crippen LogP contribution in [0.1, 0.15) is 19.3 Å². The van der Waals surface area contributed by atoms with Crippen LogP contribution < -0.4 is 5.32 Å². The number of rotatable bonds is 4. The zero-order valence-corrected chi connectivity index (χ0v) is 9.65. The molecule has 1 N–H and O–H groups in total. The highest BCUT2D eigenvalue weighted by atomic mass is 16.2. The quantitative estimate of drug-likeness (QED) is 0.839. The third-order valence-electron chi connectivity index (χ3n) is 3.23. The monoisotopic (exact) mass is 218 g/mol. The Hall–Kier alpha value is -1.51. The van der Waals surface area contributed by atoms with Crippen molar-refractivity contribution in [2.75, 3.05) is 18.9 Å². The Labute approximate surface area is 96.5 Å². The van der Waals surface area contributed by atoms with E-state index in [1.165, 1.54) is 6.42 Å². The lowest BCUT2D eigenvalue weighted by Crippen LogP contribution is -2.43. The first-order valence-electron chi connectivity index (χ1n) is 5.82. The molecule has 1 fully saturated rings. The summed E-state index contributed by atoms with van der Waals surface area (Å²) in [6, 6.07) is 10.3. The Morgan fingerprint density at radius 2 is 2.06 bits per heavy atom. The van der Waals surface area contributed by atoms with Crippen molar-refractivity contribution in [3.8, 4) is 0 Å². The lowest BCUT2D eigenvalue weighted by molar-refractivity contribution is -0.131. The van der Waals surface area contributed by atoms with E-state index in [0.29, 0.717) is 12.6 Å². The SMILES string of the molecule is CN(C(=O)CNc1ccccc1)C1CCC1. The summed E-state index contributed by atoms with van der Waals surface area (Å²) in [5, 5.41) is 3.14. The standard InChI is InChI=1S/C13H18N2O/c1-15(12-8-5-9-12)13(16)10-14-11-6-3-2-4-7-11/h2-4,6-7,12,14H,5,8-10H2,1H3. The fourth-order valence-corrected chi connectivity index (χ4v) is 1.84. The van der Waals surface area contributed by atoms with Crippen molar-refractivity contribution in [3.63, 3.8) is 0 Å². The molecule has 0 atom stereocenters. The average molecular weight is 218 g/mol. The van der Waals surface area contributed by atoms with E-state index in [1.807, 2.05) is 42.3 Å². The highest BCUT2D eigenvalue weighted by Crippen LogP contribution is 2.23. The molecular formula is C13H18N2O. The molecule has 1 aliphatic rings. The zero-order chi connectivity index (χ0) is 11.4. The molecule has 3 nitrogen and oxygen atoms in total. The van der Waals surface area contributed by atoms with Gasteiger partial charge < -0.3 is 10.2 Å². The summed E-state index contributed by atoms with van der Waals surface area (Å²) in [6.07, 6.45) is 3.58. The zero-order valence-electron chi connectivity index (χ0n) is 9.65. The van der Waals surface area contributed by atoms with Gasteiger partial charge in [-0.3, -0.25) is 4.79 Å². The molecule has 0 unspecified atom stereocenters. The van der Waals surface area contributed by atoms with E-state index in [-0.39, 0.29) is 5.91 Å². The van der Waals surface area contributed by atoms with Crippen molar-refractivity contribution in [1.82, 2.24) is 4.90 Å². The second-order valence-corrected chi connectivity index (χ2v) is 4.31. The second-order valence-electron chi connectivity index (χ2n) is 4.31. The predicted octanol–water partition coefficient (Wildman–Crippen LogP) is 2.11. The van der Waals surface area contributed by atoms with Crippen molar-refractivity contribution in [2.24, 2.45) is 0 Å². The van der Waals surface area contributed by atoms with Crippen LogP contribution in [0.3, 0.4) is 0 Å². The van der Waals surface area contributed by atoms with E-state index in [4.69, 9.17) is 0 Å². The van der Waals surface area contributed by atoms with E-state index in [2.05, 4.69) is 5.32 Å². The summed E-state index contributed by atoms with van der Waals surface area (Å²) in [4.78, 5) is 13.7. The van der Waals surface area contributed by atoms with Crippen LogP contribution in [0.2, 0.25) is 0 Å². The number of amides is 1. The molecule has 1 aliphatic carbocycles. The maximum Gasteiger partial charge on any atom is 0.241 e. The molecule has 0 bridgehead atoms. The molecule has 86 valence electrons. The molecule has 0 heterocycles. The van der Waals surface area contributed by atoms with Crippen LogP contribution in [0.4, 0.5) is 5.69 Å². The van der Waals surface area contributed by atoms with E-state index in [0.717, 1.165) is 18.5 Å². The molecule has 3 heteroatoms. The molecule has 1 aromatic carbocycles. The van der Waals surface area contributed by atoms with Gasteiger partial charge in [0, 0.05) is 18.8 Å². The molecule has 1 saturated carbocycles.